The van der Waals surface area contributed by atoms with E-state index >= 15 is 0 Å². The molecular weight excluding hydrogens is 703 g/mol. The Morgan fingerprint density at radius 3 is 1.50 bits per heavy atom. The fraction of sp³-hybridized carbons (Fsp3) is 0.688. The lowest BCUT2D eigenvalue weighted by molar-refractivity contribution is -0.887. The summed E-state index contributed by atoms with van der Waals surface area (Å²) >= 11 is 0. The van der Waals surface area contributed by atoms with Crippen LogP contribution in [0.15, 0.2) is 72.9 Å². The van der Waals surface area contributed by atoms with E-state index in [1.807, 2.05) is 21.1 Å². The van der Waals surface area contributed by atoms with Crippen molar-refractivity contribution in [3.05, 3.63) is 72.9 Å². The molecule has 0 aliphatic carbocycles. The molecule has 0 heterocycles. The summed E-state index contributed by atoms with van der Waals surface area (Å²) in [5.74, 6) is -1.54. The molecule has 0 aromatic heterocycles. The average Bonchev–Trinajstić information content (AvgIpc) is 3.15. The second-order valence-corrected chi connectivity index (χ2v) is 15.6. The van der Waals surface area contributed by atoms with Crippen molar-refractivity contribution in [1.82, 2.24) is 0 Å². The maximum Gasteiger partial charge on any atom is 0.362 e. The van der Waals surface area contributed by atoms with Crippen LogP contribution in [0.3, 0.4) is 0 Å². The van der Waals surface area contributed by atoms with Crippen molar-refractivity contribution in [3.8, 4) is 0 Å². The third kappa shape index (κ3) is 36.4. The minimum atomic E-state index is -0.886. The Morgan fingerprint density at radius 1 is 0.554 bits per heavy atom. The van der Waals surface area contributed by atoms with E-state index < -0.39 is 18.1 Å². The number of ether oxygens (including phenoxy) is 3. The maximum absolute atomic E-state index is 12.7. The summed E-state index contributed by atoms with van der Waals surface area (Å²) in [6, 6.07) is -0.626. The molecule has 0 saturated heterocycles. The van der Waals surface area contributed by atoms with Crippen LogP contribution >= 0.6 is 0 Å². The number of nitrogens with zero attached hydrogens (tertiary/aromatic N) is 1. The molecule has 0 fully saturated rings. The molecule has 0 radical (unpaired) electrons. The van der Waals surface area contributed by atoms with Gasteiger partial charge in [0.05, 0.1) is 34.4 Å². The Labute approximate surface area is 342 Å². The Hall–Kier alpha value is -3.23. The van der Waals surface area contributed by atoms with Gasteiger partial charge in [0.1, 0.15) is 6.61 Å². The number of quaternary nitrogens is 1. The number of hydrogen-bond donors (Lipinski definition) is 1. The number of likely N-dealkylation sites (N-methyl/N-ethyl adjacent to an activating group) is 1. The summed E-state index contributed by atoms with van der Waals surface area (Å²) < 4.78 is 17.2. The van der Waals surface area contributed by atoms with Gasteiger partial charge in [-0.2, -0.15) is 0 Å². The van der Waals surface area contributed by atoms with Crippen molar-refractivity contribution in [3.63, 3.8) is 0 Å². The van der Waals surface area contributed by atoms with E-state index in [4.69, 9.17) is 14.2 Å². The molecule has 0 aliphatic rings. The van der Waals surface area contributed by atoms with Crippen LogP contribution in [-0.2, 0) is 28.6 Å². The third-order valence-electron chi connectivity index (χ3n) is 9.34. The van der Waals surface area contributed by atoms with E-state index in [0.29, 0.717) is 12.8 Å². The van der Waals surface area contributed by atoms with Crippen LogP contribution in [0.5, 0.6) is 0 Å². The van der Waals surface area contributed by atoms with Gasteiger partial charge in [-0.05, 0) is 83.5 Å². The molecule has 320 valence electrons. The van der Waals surface area contributed by atoms with Crippen LogP contribution < -0.4 is 0 Å². The van der Waals surface area contributed by atoms with Crippen LogP contribution in [0.25, 0.3) is 0 Å². The van der Waals surface area contributed by atoms with Gasteiger partial charge in [-0.1, -0.05) is 132 Å². The molecule has 0 aromatic carbocycles. The lowest BCUT2D eigenvalue weighted by Gasteiger charge is -2.31. The van der Waals surface area contributed by atoms with E-state index in [1.54, 1.807) is 0 Å². The SMILES string of the molecule is CC/C=C/C/C=C/C/C=C/C/C=C/C/C=C/CCCCCC(=O)OC(COCCC(C(=O)O)[N+](C)(C)C)COC(=O)CCCCC/C=C/CCCCCCCC. The van der Waals surface area contributed by atoms with Gasteiger partial charge in [0.25, 0.3) is 0 Å². The summed E-state index contributed by atoms with van der Waals surface area (Å²) in [7, 11) is 5.50. The fourth-order valence-electron chi connectivity index (χ4n) is 5.93. The van der Waals surface area contributed by atoms with Crippen molar-refractivity contribution in [2.45, 2.75) is 174 Å². The van der Waals surface area contributed by atoms with Crippen molar-refractivity contribution < 1.29 is 38.2 Å². The zero-order chi connectivity index (χ0) is 41.4. The summed E-state index contributed by atoms with van der Waals surface area (Å²) in [6.07, 6.45) is 48.0. The van der Waals surface area contributed by atoms with Crippen molar-refractivity contribution in [2.24, 2.45) is 0 Å². The lowest BCUT2D eigenvalue weighted by atomic mass is 10.1. The second kappa shape index (κ2) is 38.6. The molecule has 0 rings (SSSR count). The smallest absolute Gasteiger partial charge is 0.362 e. The third-order valence-corrected chi connectivity index (χ3v) is 9.34. The van der Waals surface area contributed by atoms with Gasteiger partial charge in [-0.25, -0.2) is 4.79 Å². The Kier molecular flexibility index (Phi) is 36.4. The van der Waals surface area contributed by atoms with Crippen LogP contribution in [0.4, 0.5) is 0 Å². The molecule has 0 aromatic rings. The first kappa shape index (κ1) is 52.8. The minimum Gasteiger partial charge on any atom is -0.477 e. The first-order chi connectivity index (χ1) is 27.1. The average molecular weight is 785 g/mol. The van der Waals surface area contributed by atoms with Gasteiger partial charge < -0.3 is 23.8 Å². The molecule has 0 amide bonds. The number of hydrogen-bond acceptors (Lipinski definition) is 6. The Morgan fingerprint density at radius 2 is 1.00 bits per heavy atom. The zero-order valence-corrected chi connectivity index (χ0v) is 36.3. The van der Waals surface area contributed by atoms with E-state index in [0.717, 1.165) is 89.9 Å². The highest BCUT2D eigenvalue weighted by atomic mass is 16.6. The first-order valence-electron chi connectivity index (χ1n) is 22.0. The number of carboxylic acids is 1. The van der Waals surface area contributed by atoms with Gasteiger partial charge in [0.15, 0.2) is 12.1 Å². The Balaban J connectivity index is 4.45. The molecular formula is C48H82NO7+. The number of aliphatic carboxylic acids is 1. The standard InChI is InChI=1S/C48H81NO7/c1-6-8-10-12-14-16-18-20-21-22-23-24-25-27-29-31-33-35-37-39-47(51)56-44(42-54-41-40-45(48(52)53)49(3,4)5)43-55-46(50)38-36-34-32-30-28-26-19-17-15-13-11-9-7-2/h8,10,14,16,20-21,23-24,26-29,44-45H,6-7,9,11-13,15,17-19,22,25,30-43H2,1-5H3/p+1/b10-8+,16-14+,21-20+,24-23+,28-26+,29-27+. The second-order valence-electron chi connectivity index (χ2n) is 15.6. The number of carboxylic acid groups (broad SMARTS) is 1. The normalized spacial score (nSPS) is 13.7. The number of carbonyl (C=O) groups excluding carboxylic acids is 2. The predicted molar refractivity (Wildman–Crippen MR) is 233 cm³/mol. The molecule has 0 aliphatic heterocycles. The summed E-state index contributed by atoms with van der Waals surface area (Å²) in [5, 5.41) is 9.61. The predicted octanol–water partition coefficient (Wildman–Crippen LogP) is 12.0. The monoisotopic (exact) mass is 785 g/mol. The molecule has 0 spiro atoms. The zero-order valence-electron chi connectivity index (χ0n) is 36.3. The van der Waals surface area contributed by atoms with Gasteiger partial charge in [-0.3, -0.25) is 9.59 Å². The van der Waals surface area contributed by atoms with Gasteiger partial charge in [-0.15, -0.1) is 0 Å². The summed E-state index contributed by atoms with van der Waals surface area (Å²) in [6.45, 7) is 4.55. The molecule has 56 heavy (non-hydrogen) atoms. The van der Waals surface area contributed by atoms with Crippen LogP contribution in [-0.4, -0.2) is 80.6 Å². The molecule has 8 nitrogen and oxygen atoms in total. The molecule has 8 heteroatoms. The molecule has 2 unspecified atom stereocenters. The Bertz CT molecular complexity index is 1140. The first-order valence-corrected chi connectivity index (χ1v) is 22.0. The number of unbranched alkanes of at least 4 members (excludes halogenated alkanes) is 12. The lowest BCUT2D eigenvalue weighted by Crippen LogP contribution is -2.50. The number of carbonyl (C=O) groups is 3. The van der Waals surface area contributed by atoms with E-state index in [-0.39, 0.29) is 42.7 Å². The number of rotatable bonds is 38. The highest BCUT2D eigenvalue weighted by Crippen LogP contribution is 2.12. The number of esters is 2. The van der Waals surface area contributed by atoms with E-state index in [1.165, 1.54) is 38.5 Å². The summed E-state index contributed by atoms with van der Waals surface area (Å²) in [5.41, 5.74) is 0. The quantitative estimate of drug-likeness (QED) is 0.0288. The van der Waals surface area contributed by atoms with Crippen LogP contribution in [0.1, 0.15) is 162 Å². The highest BCUT2D eigenvalue weighted by molar-refractivity contribution is 5.72. The molecule has 1 N–H and O–H groups in total. The van der Waals surface area contributed by atoms with Gasteiger partial charge in [0.2, 0.25) is 0 Å². The number of allylic oxidation sites excluding steroid dienone is 12. The molecule has 0 saturated carbocycles. The van der Waals surface area contributed by atoms with Crippen LogP contribution in [0, 0.1) is 0 Å². The summed E-state index contributed by atoms with van der Waals surface area (Å²) in [4.78, 5) is 36.9. The minimum absolute atomic E-state index is 0.0393. The van der Waals surface area contributed by atoms with Crippen molar-refractivity contribution >= 4 is 17.9 Å². The fourth-order valence-corrected chi connectivity index (χ4v) is 5.93. The van der Waals surface area contributed by atoms with E-state index in [9.17, 15) is 19.5 Å². The molecule has 0 bridgehead atoms. The van der Waals surface area contributed by atoms with Crippen molar-refractivity contribution in [2.75, 3.05) is 41.0 Å². The van der Waals surface area contributed by atoms with Crippen molar-refractivity contribution in [1.29, 1.82) is 0 Å². The largest absolute Gasteiger partial charge is 0.477 e. The topological polar surface area (TPSA) is 99.1 Å². The molecule has 2 atom stereocenters. The van der Waals surface area contributed by atoms with E-state index in [2.05, 4.69) is 86.8 Å². The highest BCUT2D eigenvalue weighted by Gasteiger charge is 2.31. The van der Waals surface area contributed by atoms with Gasteiger partial charge >= 0.3 is 17.9 Å². The van der Waals surface area contributed by atoms with Gasteiger partial charge in [0, 0.05) is 19.3 Å². The van der Waals surface area contributed by atoms with Crippen LogP contribution in [0.2, 0.25) is 0 Å². The maximum atomic E-state index is 12.7.